The molecule has 0 saturated heterocycles. The molecule has 84 valence electrons. The number of nitrogens with two attached hydrogens (primary N) is 1. The maximum absolute atomic E-state index is 5.83. The van der Waals surface area contributed by atoms with Crippen molar-refractivity contribution < 1.29 is 0 Å². The fourth-order valence-electron chi connectivity index (χ4n) is 1.58. The van der Waals surface area contributed by atoms with Gasteiger partial charge in [-0.15, -0.1) is 0 Å². The number of hydrogen-bond donors (Lipinski definition) is 1. The first-order valence-electron chi connectivity index (χ1n) is 5.12. The van der Waals surface area contributed by atoms with Crippen LogP contribution in [0.5, 0.6) is 0 Å². The lowest BCUT2D eigenvalue weighted by Crippen LogP contribution is -2.08. The highest BCUT2D eigenvalue weighted by atomic mass is 15.1. The van der Waals surface area contributed by atoms with Gasteiger partial charge in [-0.25, -0.2) is 15.0 Å². The molecule has 0 atom stereocenters. The molecule has 0 bridgehead atoms. The minimum atomic E-state index is 0.522. The predicted molar refractivity (Wildman–Crippen MR) is 62.5 cm³/mol. The zero-order valence-corrected chi connectivity index (χ0v) is 9.94. The number of aromatic nitrogens is 4. The molecule has 0 fully saturated rings. The van der Waals surface area contributed by atoms with Crippen molar-refractivity contribution in [3.63, 3.8) is 0 Å². The molecule has 2 heterocycles. The molecular weight excluding hydrogens is 202 g/mol. The topological polar surface area (TPSA) is 69.6 Å². The molecule has 0 aliphatic rings. The average Bonchev–Trinajstić information content (AvgIpc) is 2.54. The molecule has 2 N–H and O–H groups in total. The highest BCUT2D eigenvalue weighted by Gasteiger charge is 2.11. The van der Waals surface area contributed by atoms with E-state index in [2.05, 4.69) is 15.0 Å². The Labute approximate surface area is 94.4 Å². The van der Waals surface area contributed by atoms with Gasteiger partial charge in [0.15, 0.2) is 0 Å². The highest BCUT2D eigenvalue weighted by Crippen LogP contribution is 2.19. The maximum Gasteiger partial charge on any atom is 0.146 e. The van der Waals surface area contributed by atoms with Crippen LogP contribution < -0.4 is 5.73 Å². The highest BCUT2D eigenvalue weighted by molar-refractivity contribution is 5.49. The molecule has 0 aliphatic carbocycles. The van der Waals surface area contributed by atoms with Crippen molar-refractivity contribution in [1.29, 1.82) is 0 Å². The van der Waals surface area contributed by atoms with Crippen LogP contribution in [0.4, 0.5) is 5.82 Å². The second kappa shape index (κ2) is 3.59. The lowest BCUT2D eigenvalue weighted by molar-refractivity contribution is 0.898. The standard InChI is InChI=1S/C11H15N5/c1-6-10(12)14-9(4)15-11(6)16-5-13-7(2)8(16)3/h5H,1-4H3,(H2,12,14,15). The van der Waals surface area contributed by atoms with E-state index in [-0.39, 0.29) is 0 Å². The van der Waals surface area contributed by atoms with Gasteiger partial charge in [-0.1, -0.05) is 0 Å². The van der Waals surface area contributed by atoms with Gasteiger partial charge in [0.05, 0.1) is 5.69 Å². The summed E-state index contributed by atoms with van der Waals surface area (Å²) >= 11 is 0. The molecular formula is C11H15N5. The first-order chi connectivity index (χ1) is 7.50. The molecule has 2 aromatic heterocycles. The van der Waals surface area contributed by atoms with Gasteiger partial charge in [0.2, 0.25) is 0 Å². The largest absolute Gasteiger partial charge is 0.383 e. The van der Waals surface area contributed by atoms with Gasteiger partial charge < -0.3 is 5.73 Å². The number of imidazole rings is 1. The molecule has 5 heteroatoms. The number of rotatable bonds is 1. The smallest absolute Gasteiger partial charge is 0.146 e. The van der Waals surface area contributed by atoms with Crippen molar-refractivity contribution in [2.24, 2.45) is 0 Å². The summed E-state index contributed by atoms with van der Waals surface area (Å²) in [6.45, 7) is 7.73. The Bertz CT molecular complexity index is 542. The van der Waals surface area contributed by atoms with E-state index in [1.165, 1.54) is 0 Å². The summed E-state index contributed by atoms with van der Waals surface area (Å²) in [6, 6.07) is 0. The van der Waals surface area contributed by atoms with Crippen LogP contribution >= 0.6 is 0 Å². The lowest BCUT2D eigenvalue weighted by Gasteiger charge is -2.10. The van der Waals surface area contributed by atoms with Gasteiger partial charge in [0.1, 0.15) is 23.8 Å². The van der Waals surface area contributed by atoms with Crippen molar-refractivity contribution in [3.05, 3.63) is 29.1 Å². The van der Waals surface area contributed by atoms with Crippen LogP contribution in [-0.2, 0) is 0 Å². The zero-order valence-electron chi connectivity index (χ0n) is 9.94. The molecule has 0 spiro atoms. The Morgan fingerprint density at radius 3 is 2.38 bits per heavy atom. The van der Waals surface area contributed by atoms with Crippen LogP contribution in [0, 0.1) is 27.7 Å². The van der Waals surface area contributed by atoms with E-state index in [0.717, 1.165) is 22.8 Å². The number of hydrogen-bond acceptors (Lipinski definition) is 4. The number of aryl methyl sites for hydroxylation is 2. The van der Waals surface area contributed by atoms with Crippen LogP contribution in [0.25, 0.3) is 5.82 Å². The Kier molecular flexibility index (Phi) is 2.38. The monoisotopic (exact) mass is 217 g/mol. The van der Waals surface area contributed by atoms with Gasteiger partial charge in [-0.05, 0) is 27.7 Å². The zero-order chi connectivity index (χ0) is 11.9. The van der Waals surface area contributed by atoms with E-state index in [9.17, 15) is 0 Å². The van der Waals surface area contributed by atoms with E-state index in [1.807, 2.05) is 32.3 Å². The first-order valence-corrected chi connectivity index (χ1v) is 5.12. The molecule has 16 heavy (non-hydrogen) atoms. The van der Waals surface area contributed by atoms with E-state index in [0.29, 0.717) is 11.6 Å². The minimum absolute atomic E-state index is 0.522. The first kappa shape index (κ1) is 10.6. The second-order valence-electron chi connectivity index (χ2n) is 3.89. The fraction of sp³-hybridized carbons (Fsp3) is 0.364. The Morgan fingerprint density at radius 2 is 1.81 bits per heavy atom. The number of nitrogens with zero attached hydrogens (tertiary/aromatic N) is 4. The Balaban J connectivity index is 2.69. The molecule has 0 aliphatic heterocycles. The summed E-state index contributed by atoms with van der Waals surface area (Å²) in [4.78, 5) is 12.8. The molecule has 0 saturated carbocycles. The molecule has 2 rings (SSSR count). The van der Waals surface area contributed by atoms with Crippen LogP contribution in [0.3, 0.4) is 0 Å². The summed E-state index contributed by atoms with van der Waals surface area (Å²) in [5.74, 6) is 2.00. The summed E-state index contributed by atoms with van der Waals surface area (Å²) in [6.07, 6.45) is 1.76. The predicted octanol–water partition coefficient (Wildman–Crippen LogP) is 1.48. The Morgan fingerprint density at radius 1 is 1.12 bits per heavy atom. The van der Waals surface area contributed by atoms with Crippen molar-refractivity contribution in [2.45, 2.75) is 27.7 Å². The van der Waals surface area contributed by atoms with E-state index in [4.69, 9.17) is 5.73 Å². The number of anilines is 1. The van der Waals surface area contributed by atoms with E-state index < -0.39 is 0 Å². The number of nitrogen functional groups attached to an aromatic ring is 1. The van der Waals surface area contributed by atoms with Crippen LogP contribution in [0.15, 0.2) is 6.33 Å². The van der Waals surface area contributed by atoms with Crippen LogP contribution in [0.1, 0.15) is 22.8 Å². The molecule has 0 radical (unpaired) electrons. The van der Waals surface area contributed by atoms with Crippen LogP contribution in [-0.4, -0.2) is 19.5 Å². The summed E-state index contributed by atoms with van der Waals surface area (Å²) in [7, 11) is 0. The van der Waals surface area contributed by atoms with Crippen molar-refractivity contribution >= 4 is 5.82 Å². The molecule has 0 amide bonds. The van der Waals surface area contributed by atoms with Gasteiger partial charge in [-0.2, -0.15) is 0 Å². The van der Waals surface area contributed by atoms with Gasteiger partial charge in [0, 0.05) is 11.3 Å². The molecule has 2 aromatic rings. The van der Waals surface area contributed by atoms with Crippen molar-refractivity contribution in [2.75, 3.05) is 5.73 Å². The van der Waals surface area contributed by atoms with Crippen LogP contribution in [0.2, 0.25) is 0 Å². The summed E-state index contributed by atoms with van der Waals surface area (Å²) < 4.78 is 1.94. The quantitative estimate of drug-likeness (QED) is 0.785. The molecule has 0 aromatic carbocycles. The molecule has 5 nitrogen and oxygen atoms in total. The van der Waals surface area contributed by atoms with Crippen molar-refractivity contribution in [1.82, 2.24) is 19.5 Å². The minimum Gasteiger partial charge on any atom is -0.383 e. The average molecular weight is 217 g/mol. The van der Waals surface area contributed by atoms with E-state index >= 15 is 0 Å². The SMILES string of the molecule is Cc1nc(N)c(C)c(-n2cnc(C)c2C)n1. The molecule has 0 unspecified atom stereocenters. The van der Waals surface area contributed by atoms with Gasteiger partial charge in [0.25, 0.3) is 0 Å². The summed E-state index contributed by atoms with van der Waals surface area (Å²) in [5.41, 5.74) is 8.78. The second-order valence-corrected chi connectivity index (χ2v) is 3.89. The van der Waals surface area contributed by atoms with Gasteiger partial charge >= 0.3 is 0 Å². The fourth-order valence-corrected chi connectivity index (χ4v) is 1.58. The Hall–Kier alpha value is -1.91. The third-order valence-electron chi connectivity index (χ3n) is 2.75. The van der Waals surface area contributed by atoms with E-state index in [1.54, 1.807) is 6.33 Å². The lowest BCUT2D eigenvalue weighted by atomic mass is 10.3. The third-order valence-corrected chi connectivity index (χ3v) is 2.75. The van der Waals surface area contributed by atoms with Crippen molar-refractivity contribution in [3.8, 4) is 5.82 Å². The van der Waals surface area contributed by atoms with Gasteiger partial charge in [-0.3, -0.25) is 4.57 Å². The third kappa shape index (κ3) is 1.54. The normalized spacial score (nSPS) is 10.8. The maximum atomic E-state index is 5.83. The summed E-state index contributed by atoms with van der Waals surface area (Å²) in [5, 5.41) is 0.